The highest BCUT2D eigenvalue weighted by atomic mass is 19.4. The quantitative estimate of drug-likeness (QED) is 0.731. The highest BCUT2D eigenvalue weighted by Crippen LogP contribution is 2.39. The molecule has 4 nitrogen and oxygen atoms in total. The van der Waals surface area contributed by atoms with Crippen LogP contribution in [-0.4, -0.2) is 27.7 Å². The lowest BCUT2D eigenvalue weighted by atomic mass is 9.87. The summed E-state index contributed by atoms with van der Waals surface area (Å²) in [5, 5.41) is 0. The maximum absolute atomic E-state index is 12.8. The molecule has 0 saturated heterocycles. The van der Waals surface area contributed by atoms with Crippen LogP contribution < -0.4 is 0 Å². The molecule has 144 valence electrons. The molecule has 28 heavy (non-hydrogen) atoms. The average molecular weight is 386 g/mol. The van der Waals surface area contributed by atoms with Crippen LogP contribution in [0.1, 0.15) is 51.4 Å². The number of allylic oxidation sites excluding steroid dienone is 2. The molecule has 0 N–H and O–H groups in total. The zero-order valence-electron chi connectivity index (χ0n) is 14.9. The third kappa shape index (κ3) is 3.37. The maximum Gasteiger partial charge on any atom is 0.392 e. The Morgan fingerprint density at radius 1 is 1.04 bits per heavy atom. The second-order valence-electron chi connectivity index (χ2n) is 7.17. The molecule has 0 saturated carbocycles. The van der Waals surface area contributed by atoms with Crippen LogP contribution in [0.25, 0.3) is 5.57 Å². The molecule has 2 aliphatic carbocycles. The van der Waals surface area contributed by atoms with Gasteiger partial charge in [0.1, 0.15) is 6.33 Å². The zero-order valence-corrected chi connectivity index (χ0v) is 14.9. The number of rotatable bonds is 3. The van der Waals surface area contributed by atoms with Gasteiger partial charge in [-0.3, -0.25) is 9.59 Å². The highest BCUT2D eigenvalue weighted by molar-refractivity contribution is 6.26. The summed E-state index contributed by atoms with van der Waals surface area (Å²) < 4.78 is 38.5. The first kappa shape index (κ1) is 18.5. The lowest BCUT2D eigenvalue weighted by Gasteiger charge is -2.24. The number of alkyl halides is 3. The Balaban J connectivity index is 1.52. The minimum absolute atomic E-state index is 0.0313. The van der Waals surface area contributed by atoms with Gasteiger partial charge in [0, 0.05) is 23.2 Å². The van der Waals surface area contributed by atoms with Crippen molar-refractivity contribution in [3.8, 4) is 0 Å². The Bertz CT molecular complexity index is 947. The first-order valence-electron chi connectivity index (χ1n) is 9.09. The first-order chi connectivity index (χ1) is 13.3. The average Bonchev–Trinajstić information content (AvgIpc) is 2.93. The van der Waals surface area contributed by atoms with Crippen molar-refractivity contribution in [2.75, 3.05) is 0 Å². The minimum atomic E-state index is -4.18. The van der Waals surface area contributed by atoms with E-state index in [9.17, 15) is 22.8 Å². The number of ketones is 2. The van der Waals surface area contributed by atoms with Gasteiger partial charge in [0.25, 0.3) is 0 Å². The highest BCUT2D eigenvalue weighted by Gasteiger charge is 2.40. The molecule has 7 heteroatoms. The number of hydrogen-bond donors (Lipinski definition) is 0. The number of nitrogens with zero attached hydrogens (tertiary/aromatic N) is 2. The molecule has 2 aromatic rings. The third-order valence-corrected chi connectivity index (χ3v) is 5.43. The van der Waals surface area contributed by atoms with Gasteiger partial charge in [0.05, 0.1) is 17.5 Å². The standard InChI is InChI=1S/C21H17F3N2O2/c22-21(23,24)13-7-5-12(6-8-13)18-10-14(25-11-26-18)9-17-19(27)15-3-1-2-4-16(15)20(17)28/h1-5,10-11,13,17H,6-9H2. The van der Waals surface area contributed by atoms with Crippen molar-refractivity contribution >= 4 is 17.1 Å². The topological polar surface area (TPSA) is 59.9 Å². The van der Waals surface area contributed by atoms with Crippen molar-refractivity contribution in [1.29, 1.82) is 0 Å². The first-order valence-corrected chi connectivity index (χ1v) is 9.09. The van der Waals surface area contributed by atoms with E-state index in [1.165, 1.54) is 6.33 Å². The lowest BCUT2D eigenvalue weighted by molar-refractivity contribution is -0.175. The Morgan fingerprint density at radius 3 is 2.29 bits per heavy atom. The van der Waals surface area contributed by atoms with Gasteiger partial charge in [-0.25, -0.2) is 9.97 Å². The summed E-state index contributed by atoms with van der Waals surface area (Å²) in [5.41, 5.74) is 2.70. The van der Waals surface area contributed by atoms with Crippen LogP contribution in [0, 0.1) is 11.8 Å². The Labute approximate surface area is 159 Å². The SMILES string of the molecule is O=C1c2ccccc2C(=O)C1Cc1cc(C2=CCC(C(F)(F)F)CC2)ncn1. The summed E-state index contributed by atoms with van der Waals surface area (Å²) in [6, 6.07) is 8.40. The van der Waals surface area contributed by atoms with Crippen LogP contribution in [0.3, 0.4) is 0 Å². The van der Waals surface area contributed by atoms with E-state index < -0.39 is 18.0 Å². The number of aromatic nitrogens is 2. The van der Waals surface area contributed by atoms with E-state index in [4.69, 9.17) is 0 Å². The van der Waals surface area contributed by atoms with Crippen molar-refractivity contribution in [3.05, 3.63) is 65.2 Å². The van der Waals surface area contributed by atoms with E-state index >= 15 is 0 Å². The van der Waals surface area contributed by atoms with Gasteiger partial charge in [-0.15, -0.1) is 0 Å². The van der Waals surface area contributed by atoms with Crippen LogP contribution in [0.2, 0.25) is 0 Å². The third-order valence-electron chi connectivity index (χ3n) is 5.43. The second kappa shape index (κ2) is 6.96. The Kier molecular flexibility index (Phi) is 4.61. The summed E-state index contributed by atoms with van der Waals surface area (Å²) in [4.78, 5) is 33.4. The predicted octanol–water partition coefficient (Wildman–Crippen LogP) is 4.46. The van der Waals surface area contributed by atoms with E-state index in [0.717, 1.165) is 5.57 Å². The molecule has 0 amide bonds. The molecule has 1 unspecified atom stereocenters. The molecule has 0 fully saturated rings. The molecule has 0 spiro atoms. The Hall–Kier alpha value is -2.83. The predicted molar refractivity (Wildman–Crippen MR) is 95.7 cm³/mol. The molecule has 1 atom stereocenters. The molecule has 1 aromatic carbocycles. The van der Waals surface area contributed by atoms with Crippen molar-refractivity contribution in [3.63, 3.8) is 0 Å². The minimum Gasteiger partial charge on any atom is -0.293 e. The zero-order chi connectivity index (χ0) is 19.9. The molecule has 1 heterocycles. The lowest BCUT2D eigenvalue weighted by Crippen LogP contribution is -2.24. The van der Waals surface area contributed by atoms with Crippen molar-refractivity contribution in [2.24, 2.45) is 11.8 Å². The van der Waals surface area contributed by atoms with E-state index in [1.807, 2.05) is 0 Å². The van der Waals surface area contributed by atoms with Gasteiger partial charge >= 0.3 is 6.18 Å². The van der Waals surface area contributed by atoms with E-state index in [2.05, 4.69) is 9.97 Å². The van der Waals surface area contributed by atoms with Crippen LogP contribution in [0.4, 0.5) is 13.2 Å². The number of halogens is 3. The summed E-state index contributed by atoms with van der Waals surface area (Å²) in [7, 11) is 0. The number of Topliss-reactive ketones (excluding diaryl/α,β-unsaturated/α-hetero) is 2. The maximum atomic E-state index is 12.8. The van der Waals surface area contributed by atoms with Crippen LogP contribution >= 0.6 is 0 Å². The van der Waals surface area contributed by atoms with E-state index in [-0.39, 0.29) is 37.2 Å². The smallest absolute Gasteiger partial charge is 0.293 e. The van der Waals surface area contributed by atoms with Gasteiger partial charge < -0.3 is 0 Å². The van der Waals surface area contributed by atoms with Crippen molar-refractivity contribution in [2.45, 2.75) is 31.9 Å². The molecule has 0 bridgehead atoms. The fourth-order valence-corrected chi connectivity index (χ4v) is 3.85. The molecule has 0 radical (unpaired) electrons. The largest absolute Gasteiger partial charge is 0.392 e. The van der Waals surface area contributed by atoms with Gasteiger partial charge in [-0.1, -0.05) is 30.3 Å². The van der Waals surface area contributed by atoms with Crippen LogP contribution in [0.15, 0.2) is 42.7 Å². The summed E-state index contributed by atoms with van der Waals surface area (Å²) >= 11 is 0. The van der Waals surface area contributed by atoms with E-state index in [0.29, 0.717) is 22.5 Å². The Morgan fingerprint density at radius 2 is 1.71 bits per heavy atom. The molecule has 4 rings (SSSR count). The van der Waals surface area contributed by atoms with Crippen molar-refractivity contribution < 1.29 is 22.8 Å². The number of carbonyl (C=O) groups excluding carboxylic acids is 2. The summed E-state index contributed by atoms with van der Waals surface area (Å²) in [5.74, 6) is -2.56. The van der Waals surface area contributed by atoms with Gasteiger partial charge in [0.2, 0.25) is 0 Å². The number of fused-ring (bicyclic) bond motifs is 1. The van der Waals surface area contributed by atoms with Gasteiger partial charge in [-0.05, 0) is 30.9 Å². The van der Waals surface area contributed by atoms with E-state index in [1.54, 1.807) is 36.4 Å². The number of hydrogen-bond acceptors (Lipinski definition) is 4. The monoisotopic (exact) mass is 386 g/mol. The molecule has 1 aromatic heterocycles. The number of benzene rings is 1. The molecule has 0 aliphatic heterocycles. The van der Waals surface area contributed by atoms with Gasteiger partial charge in [0.15, 0.2) is 11.6 Å². The molecular weight excluding hydrogens is 369 g/mol. The summed E-state index contributed by atoms with van der Waals surface area (Å²) in [6.45, 7) is 0. The molecule has 2 aliphatic rings. The number of carbonyl (C=O) groups is 2. The fraction of sp³-hybridized carbons (Fsp3) is 0.333. The fourth-order valence-electron chi connectivity index (χ4n) is 3.85. The summed E-state index contributed by atoms with van der Waals surface area (Å²) in [6.07, 6.45) is -0.866. The van der Waals surface area contributed by atoms with Crippen molar-refractivity contribution in [1.82, 2.24) is 9.97 Å². The second-order valence-corrected chi connectivity index (χ2v) is 7.17. The van der Waals surface area contributed by atoms with Crippen LogP contribution in [-0.2, 0) is 6.42 Å². The van der Waals surface area contributed by atoms with Crippen LogP contribution in [0.5, 0.6) is 0 Å². The molecular formula is C21H17F3N2O2. The van der Waals surface area contributed by atoms with Gasteiger partial charge in [-0.2, -0.15) is 13.2 Å². The normalized spacial score (nSPS) is 20.2.